The Labute approximate surface area is 138 Å². The van der Waals surface area contributed by atoms with Crippen LogP contribution in [0.3, 0.4) is 0 Å². The Hall–Kier alpha value is -2.04. The number of hydrogen-bond acceptors (Lipinski definition) is 3. The van der Waals surface area contributed by atoms with Crippen LogP contribution >= 0.6 is 0 Å². The first kappa shape index (κ1) is 17.3. The van der Waals surface area contributed by atoms with Gasteiger partial charge < -0.3 is 15.0 Å². The lowest BCUT2D eigenvalue weighted by atomic mass is 10.0. The van der Waals surface area contributed by atoms with Gasteiger partial charge in [-0.15, -0.1) is 0 Å². The first-order valence-electron chi connectivity index (χ1n) is 8.26. The molecule has 1 fully saturated rings. The van der Waals surface area contributed by atoms with Gasteiger partial charge in [0.2, 0.25) is 5.91 Å². The summed E-state index contributed by atoms with van der Waals surface area (Å²) in [7, 11) is 0. The fraction of sp³-hybridized carbons (Fsp3) is 0.556. The molecule has 23 heavy (non-hydrogen) atoms. The summed E-state index contributed by atoms with van der Waals surface area (Å²) in [5, 5.41) is 2.99. The topological polar surface area (TPSA) is 58.6 Å². The second-order valence-corrected chi connectivity index (χ2v) is 6.13. The number of ether oxygens (including phenoxy) is 1. The number of amides is 2. The number of nitrogens with one attached hydrogen (secondary N) is 1. The van der Waals surface area contributed by atoms with Crippen molar-refractivity contribution in [2.75, 3.05) is 19.7 Å². The standard InChI is InChI=1S/C18H26N2O3/c1-4-17(21)19-15-7-9-20(10-8-15)18(22)12-23-16-6-5-13(2)11-14(16)3/h5-6,11,15H,4,7-10,12H2,1-3H3,(H,19,21). The number of carbonyl (C=O) groups excluding carboxylic acids is 2. The summed E-state index contributed by atoms with van der Waals surface area (Å²) in [6, 6.07) is 6.12. The van der Waals surface area contributed by atoms with E-state index in [1.165, 1.54) is 5.56 Å². The molecule has 1 saturated heterocycles. The number of benzene rings is 1. The summed E-state index contributed by atoms with van der Waals surface area (Å²) in [4.78, 5) is 25.5. The summed E-state index contributed by atoms with van der Waals surface area (Å²) < 4.78 is 5.65. The summed E-state index contributed by atoms with van der Waals surface area (Å²) in [6.07, 6.45) is 2.12. The molecule has 2 rings (SSSR count). The van der Waals surface area contributed by atoms with Gasteiger partial charge in [0.15, 0.2) is 6.61 Å². The number of rotatable bonds is 5. The Morgan fingerprint density at radius 3 is 2.57 bits per heavy atom. The van der Waals surface area contributed by atoms with Crippen LogP contribution in [0.5, 0.6) is 5.75 Å². The second-order valence-electron chi connectivity index (χ2n) is 6.13. The Kier molecular flexibility index (Phi) is 6.02. The van der Waals surface area contributed by atoms with Crippen LogP contribution in [0.25, 0.3) is 0 Å². The van der Waals surface area contributed by atoms with Crippen LogP contribution in [0.4, 0.5) is 0 Å². The average molecular weight is 318 g/mol. The van der Waals surface area contributed by atoms with Crippen molar-refractivity contribution in [3.8, 4) is 5.75 Å². The Bertz CT molecular complexity index is 563. The van der Waals surface area contributed by atoms with Crippen LogP contribution in [0.1, 0.15) is 37.3 Å². The number of aryl methyl sites for hydroxylation is 2. The molecule has 0 atom stereocenters. The van der Waals surface area contributed by atoms with Gasteiger partial charge in [-0.3, -0.25) is 9.59 Å². The molecule has 1 aromatic carbocycles. The zero-order valence-corrected chi connectivity index (χ0v) is 14.2. The van der Waals surface area contributed by atoms with Gasteiger partial charge >= 0.3 is 0 Å². The van der Waals surface area contributed by atoms with Gasteiger partial charge in [0.1, 0.15) is 5.75 Å². The molecule has 0 spiro atoms. The summed E-state index contributed by atoms with van der Waals surface area (Å²) in [6.45, 7) is 7.26. The van der Waals surface area contributed by atoms with Crippen LogP contribution in [-0.4, -0.2) is 42.5 Å². The highest BCUT2D eigenvalue weighted by molar-refractivity contribution is 5.78. The monoisotopic (exact) mass is 318 g/mol. The number of carbonyl (C=O) groups is 2. The Balaban J connectivity index is 1.78. The normalized spacial score (nSPS) is 15.3. The van der Waals surface area contributed by atoms with Crippen molar-refractivity contribution < 1.29 is 14.3 Å². The van der Waals surface area contributed by atoms with Crippen molar-refractivity contribution in [3.63, 3.8) is 0 Å². The summed E-state index contributed by atoms with van der Waals surface area (Å²) >= 11 is 0. The third-order valence-electron chi connectivity index (χ3n) is 4.22. The summed E-state index contributed by atoms with van der Waals surface area (Å²) in [5.41, 5.74) is 2.22. The van der Waals surface area contributed by atoms with E-state index in [1.54, 1.807) is 0 Å². The highest BCUT2D eigenvalue weighted by Gasteiger charge is 2.23. The minimum Gasteiger partial charge on any atom is -0.484 e. The number of nitrogens with zero attached hydrogens (tertiary/aromatic N) is 1. The number of likely N-dealkylation sites (tertiary alicyclic amines) is 1. The molecule has 0 aromatic heterocycles. The van der Waals surface area contributed by atoms with Crippen molar-refractivity contribution in [1.29, 1.82) is 0 Å². The van der Waals surface area contributed by atoms with E-state index >= 15 is 0 Å². The lowest BCUT2D eigenvalue weighted by Crippen LogP contribution is -2.47. The van der Waals surface area contributed by atoms with E-state index in [4.69, 9.17) is 4.74 Å². The van der Waals surface area contributed by atoms with Crippen molar-refractivity contribution in [2.24, 2.45) is 0 Å². The van der Waals surface area contributed by atoms with Crippen LogP contribution in [-0.2, 0) is 9.59 Å². The van der Waals surface area contributed by atoms with Gasteiger partial charge in [0, 0.05) is 25.6 Å². The molecule has 0 unspecified atom stereocenters. The third kappa shape index (κ3) is 4.98. The molecule has 1 N–H and O–H groups in total. The molecule has 1 aromatic rings. The summed E-state index contributed by atoms with van der Waals surface area (Å²) in [5.74, 6) is 0.840. The minimum atomic E-state index is 0.00485. The van der Waals surface area contributed by atoms with Gasteiger partial charge in [-0.05, 0) is 38.3 Å². The molecule has 1 aliphatic rings. The molecular formula is C18H26N2O3. The zero-order chi connectivity index (χ0) is 16.8. The van der Waals surface area contributed by atoms with E-state index in [0.29, 0.717) is 19.5 Å². The van der Waals surface area contributed by atoms with E-state index < -0.39 is 0 Å². The van der Waals surface area contributed by atoms with Crippen molar-refractivity contribution in [3.05, 3.63) is 29.3 Å². The Morgan fingerprint density at radius 2 is 1.96 bits per heavy atom. The maximum atomic E-state index is 12.2. The molecule has 0 saturated carbocycles. The minimum absolute atomic E-state index is 0.00485. The number of piperidine rings is 1. The van der Waals surface area contributed by atoms with Gasteiger partial charge in [0.25, 0.3) is 5.91 Å². The molecule has 1 heterocycles. The van der Waals surface area contributed by atoms with E-state index in [9.17, 15) is 9.59 Å². The first-order valence-corrected chi connectivity index (χ1v) is 8.26. The molecule has 0 radical (unpaired) electrons. The highest BCUT2D eigenvalue weighted by atomic mass is 16.5. The molecule has 126 valence electrons. The van der Waals surface area contributed by atoms with Gasteiger partial charge in [-0.1, -0.05) is 24.6 Å². The predicted molar refractivity (Wildman–Crippen MR) is 89.4 cm³/mol. The average Bonchev–Trinajstić information content (AvgIpc) is 2.54. The lowest BCUT2D eigenvalue weighted by molar-refractivity contribution is -0.134. The molecule has 2 amide bonds. The van der Waals surface area contributed by atoms with Gasteiger partial charge in [-0.2, -0.15) is 0 Å². The third-order valence-corrected chi connectivity index (χ3v) is 4.22. The van der Waals surface area contributed by atoms with Gasteiger partial charge in [0.05, 0.1) is 0 Å². The smallest absolute Gasteiger partial charge is 0.260 e. The molecule has 5 nitrogen and oxygen atoms in total. The van der Waals surface area contributed by atoms with E-state index in [2.05, 4.69) is 5.32 Å². The molecule has 0 aliphatic carbocycles. The quantitative estimate of drug-likeness (QED) is 0.905. The fourth-order valence-electron chi connectivity index (χ4n) is 2.80. The Morgan fingerprint density at radius 1 is 1.26 bits per heavy atom. The predicted octanol–water partition coefficient (Wildman–Crippen LogP) is 2.20. The van der Waals surface area contributed by atoms with Gasteiger partial charge in [-0.25, -0.2) is 0 Å². The lowest BCUT2D eigenvalue weighted by Gasteiger charge is -2.32. The second kappa shape index (κ2) is 7.99. The van der Waals surface area contributed by atoms with Crippen LogP contribution in [0.2, 0.25) is 0 Å². The first-order chi connectivity index (χ1) is 11.0. The van der Waals surface area contributed by atoms with Crippen molar-refractivity contribution in [1.82, 2.24) is 10.2 Å². The maximum Gasteiger partial charge on any atom is 0.260 e. The van der Waals surface area contributed by atoms with Crippen LogP contribution in [0, 0.1) is 13.8 Å². The SMILES string of the molecule is CCC(=O)NC1CCN(C(=O)COc2ccc(C)cc2C)CC1. The van der Waals surface area contributed by atoms with Crippen molar-refractivity contribution >= 4 is 11.8 Å². The van der Waals surface area contributed by atoms with Crippen LogP contribution in [0.15, 0.2) is 18.2 Å². The van der Waals surface area contributed by atoms with Crippen molar-refractivity contribution in [2.45, 2.75) is 46.1 Å². The molecular weight excluding hydrogens is 292 g/mol. The maximum absolute atomic E-state index is 12.2. The molecule has 1 aliphatic heterocycles. The largest absolute Gasteiger partial charge is 0.484 e. The zero-order valence-electron chi connectivity index (χ0n) is 14.2. The van der Waals surface area contributed by atoms with Crippen LogP contribution < -0.4 is 10.1 Å². The van der Waals surface area contributed by atoms with E-state index in [0.717, 1.165) is 24.2 Å². The fourth-order valence-corrected chi connectivity index (χ4v) is 2.80. The van der Waals surface area contributed by atoms with E-state index in [-0.39, 0.29) is 24.5 Å². The molecule has 0 bridgehead atoms. The van der Waals surface area contributed by atoms with E-state index in [1.807, 2.05) is 43.9 Å². The highest BCUT2D eigenvalue weighted by Crippen LogP contribution is 2.19. The number of hydrogen-bond donors (Lipinski definition) is 1. The molecule has 5 heteroatoms.